The fraction of sp³-hybridized carbons (Fsp3) is 0.409. The van der Waals surface area contributed by atoms with Crippen LogP contribution in [0.5, 0.6) is 5.75 Å². The van der Waals surface area contributed by atoms with Crippen molar-refractivity contribution in [3.8, 4) is 5.75 Å². The zero-order valence-electron chi connectivity index (χ0n) is 17.4. The zero-order valence-corrected chi connectivity index (χ0v) is 18.1. The maximum atomic E-state index is 12.0. The molecule has 30 heavy (non-hydrogen) atoms. The summed E-state index contributed by atoms with van der Waals surface area (Å²) in [5.41, 5.74) is -0.691. The first kappa shape index (κ1) is 23.5. The first-order valence-electron chi connectivity index (χ1n) is 9.79. The Morgan fingerprint density at radius 1 is 1.37 bits per heavy atom. The van der Waals surface area contributed by atoms with E-state index in [0.29, 0.717) is 28.6 Å². The van der Waals surface area contributed by atoms with Crippen molar-refractivity contribution in [3.05, 3.63) is 52.9 Å². The summed E-state index contributed by atoms with van der Waals surface area (Å²) in [4.78, 5) is 38.3. The number of hydrogen-bond donors (Lipinski definition) is 2. The second kappa shape index (κ2) is 10.3. The van der Waals surface area contributed by atoms with E-state index in [0.717, 1.165) is 37.6 Å². The van der Waals surface area contributed by atoms with Gasteiger partial charge in [-0.3, -0.25) is 14.4 Å². The second-order valence-electron chi connectivity index (χ2n) is 7.21. The predicted octanol–water partition coefficient (Wildman–Crippen LogP) is 3.27. The number of halogens is 1. The molecule has 1 aliphatic heterocycles. The van der Waals surface area contributed by atoms with E-state index in [9.17, 15) is 14.4 Å². The summed E-state index contributed by atoms with van der Waals surface area (Å²) in [7, 11) is 1.56. The first-order valence-corrected chi connectivity index (χ1v) is 10.2. The lowest BCUT2D eigenvalue weighted by atomic mass is 10.1. The Kier molecular flexibility index (Phi) is 8.06. The van der Waals surface area contributed by atoms with Crippen LogP contribution in [0.1, 0.15) is 32.6 Å². The molecule has 2 aliphatic rings. The average molecular weight is 434 g/mol. The molecule has 2 amide bonds. The number of rotatable bonds is 4. The Morgan fingerprint density at radius 3 is 2.60 bits per heavy atom. The van der Waals surface area contributed by atoms with Crippen molar-refractivity contribution in [1.29, 1.82) is 0 Å². The highest BCUT2D eigenvalue weighted by molar-refractivity contribution is 6.31. The number of methoxy groups -OCH3 is 1. The minimum absolute atomic E-state index is 0.120. The van der Waals surface area contributed by atoms with E-state index >= 15 is 0 Å². The number of nitrogens with zero attached hydrogens (tertiary/aromatic N) is 1. The summed E-state index contributed by atoms with van der Waals surface area (Å²) in [6.07, 6.45) is 5.96. The van der Waals surface area contributed by atoms with Crippen molar-refractivity contribution in [2.45, 2.75) is 44.2 Å². The molecule has 1 atom stereocenters. The quantitative estimate of drug-likeness (QED) is 0.571. The van der Waals surface area contributed by atoms with Gasteiger partial charge in [-0.15, -0.1) is 13.2 Å². The molecule has 1 saturated heterocycles. The Morgan fingerprint density at radius 2 is 2.07 bits per heavy atom. The number of carbonyl (C=O) groups is 2. The van der Waals surface area contributed by atoms with E-state index in [1.165, 1.54) is 0 Å². The molecule has 0 spiro atoms. The van der Waals surface area contributed by atoms with Crippen LogP contribution >= 0.6 is 11.6 Å². The molecule has 2 N–H and O–H groups in total. The van der Waals surface area contributed by atoms with Gasteiger partial charge >= 0.3 is 0 Å². The lowest BCUT2D eigenvalue weighted by molar-refractivity contribution is -0.136. The monoisotopic (exact) mass is 433 g/mol. The lowest BCUT2D eigenvalue weighted by Gasteiger charge is -2.26. The predicted molar refractivity (Wildman–Crippen MR) is 119 cm³/mol. The number of carbonyl (C=O) groups excluding carboxylic acids is 2. The van der Waals surface area contributed by atoms with E-state index < -0.39 is 5.54 Å². The number of hydrogen-bond acceptors (Lipinski definition) is 4. The molecule has 1 aromatic heterocycles. The fourth-order valence-electron chi connectivity index (χ4n) is 3.54. The van der Waals surface area contributed by atoms with Crippen LogP contribution in [-0.2, 0) is 9.59 Å². The number of fused-ring (bicyclic) bond motifs is 1. The Bertz CT molecular complexity index is 955. The molecule has 7 nitrogen and oxygen atoms in total. The minimum atomic E-state index is -0.527. The standard InChI is InChI=1S/C10H8ClNO2.C10H16N2O2.C2H4/c1-14-9-5-12-10(13)8-4-6(11)2-3-7(8)9;1-8-3-2-6-12(8)9(14)10(4-5-10)11-7-13;1-2/h2-5H,1H3,(H,12,13);7-8H,2-6H2,1H3,(H,11,13);1-2H2. The highest BCUT2D eigenvalue weighted by atomic mass is 35.5. The molecule has 4 rings (SSSR count). The van der Waals surface area contributed by atoms with Gasteiger partial charge in [-0.25, -0.2) is 0 Å². The molecule has 2 heterocycles. The van der Waals surface area contributed by atoms with Crippen LogP contribution in [-0.4, -0.2) is 47.4 Å². The Labute approximate surface area is 181 Å². The number of H-pyrrole nitrogens is 1. The molecule has 1 aliphatic carbocycles. The van der Waals surface area contributed by atoms with E-state index in [2.05, 4.69) is 30.4 Å². The third-order valence-corrected chi connectivity index (χ3v) is 5.59. The van der Waals surface area contributed by atoms with Crippen LogP contribution in [0, 0.1) is 0 Å². The highest BCUT2D eigenvalue weighted by Gasteiger charge is 2.52. The minimum Gasteiger partial charge on any atom is -0.495 e. The normalized spacial score (nSPS) is 18.4. The summed E-state index contributed by atoms with van der Waals surface area (Å²) in [6.45, 7) is 8.92. The van der Waals surface area contributed by atoms with Gasteiger partial charge in [0.25, 0.3) is 5.56 Å². The number of pyridine rings is 1. The largest absolute Gasteiger partial charge is 0.495 e. The summed E-state index contributed by atoms with van der Waals surface area (Å²) in [6, 6.07) is 5.46. The van der Waals surface area contributed by atoms with Crippen molar-refractivity contribution in [2.24, 2.45) is 0 Å². The van der Waals surface area contributed by atoms with Crippen molar-refractivity contribution in [3.63, 3.8) is 0 Å². The van der Waals surface area contributed by atoms with Crippen molar-refractivity contribution >= 4 is 34.7 Å². The van der Waals surface area contributed by atoms with E-state index in [1.807, 2.05) is 4.90 Å². The summed E-state index contributed by atoms with van der Waals surface area (Å²) >= 11 is 5.79. The van der Waals surface area contributed by atoms with Crippen molar-refractivity contribution < 1.29 is 14.3 Å². The van der Waals surface area contributed by atoms with Crippen LogP contribution in [0.25, 0.3) is 10.8 Å². The topological polar surface area (TPSA) is 91.5 Å². The number of aromatic nitrogens is 1. The average Bonchev–Trinajstić information content (AvgIpc) is 3.42. The van der Waals surface area contributed by atoms with Gasteiger partial charge in [0, 0.05) is 29.2 Å². The van der Waals surface area contributed by atoms with Gasteiger partial charge in [-0.1, -0.05) is 11.6 Å². The lowest BCUT2D eigenvalue weighted by Crippen LogP contribution is -2.49. The van der Waals surface area contributed by atoms with Crippen LogP contribution in [0.3, 0.4) is 0 Å². The third-order valence-electron chi connectivity index (χ3n) is 5.35. The molecule has 162 valence electrons. The van der Waals surface area contributed by atoms with Gasteiger partial charge in [-0.05, 0) is 50.8 Å². The van der Waals surface area contributed by atoms with E-state index in [4.69, 9.17) is 16.3 Å². The number of benzene rings is 1. The third kappa shape index (κ3) is 5.02. The summed E-state index contributed by atoms with van der Waals surface area (Å²) in [5.74, 6) is 0.755. The molecule has 8 heteroatoms. The maximum Gasteiger partial charge on any atom is 0.256 e. The van der Waals surface area contributed by atoms with Crippen LogP contribution in [0.2, 0.25) is 5.02 Å². The number of ether oxygens (including phenoxy) is 1. The van der Waals surface area contributed by atoms with Crippen molar-refractivity contribution in [2.75, 3.05) is 13.7 Å². The number of amides is 2. The molecule has 0 radical (unpaired) electrons. The van der Waals surface area contributed by atoms with E-state index in [1.54, 1.807) is 31.5 Å². The molecule has 2 aromatic rings. The summed E-state index contributed by atoms with van der Waals surface area (Å²) in [5, 5.41) is 4.50. The molecule has 0 bridgehead atoms. The van der Waals surface area contributed by atoms with Gasteiger partial charge < -0.3 is 19.9 Å². The maximum absolute atomic E-state index is 12.0. The highest BCUT2D eigenvalue weighted by Crippen LogP contribution is 2.38. The Hall–Kier alpha value is -2.80. The molecular weight excluding hydrogens is 406 g/mol. The molecular formula is C22H28ClN3O4. The van der Waals surface area contributed by atoms with Gasteiger partial charge in [0.15, 0.2) is 0 Å². The number of aromatic amines is 1. The second-order valence-corrected chi connectivity index (χ2v) is 7.65. The van der Waals surface area contributed by atoms with Crippen LogP contribution in [0.15, 0.2) is 42.3 Å². The zero-order chi connectivity index (χ0) is 22.3. The Balaban J connectivity index is 0.000000197. The van der Waals surface area contributed by atoms with Gasteiger partial charge in [-0.2, -0.15) is 0 Å². The first-order chi connectivity index (χ1) is 14.4. The van der Waals surface area contributed by atoms with Gasteiger partial charge in [0.1, 0.15) is 11.3 Å². The smallest absolute Gasteiger partial charge is 0.256 e. The molecule has 2 fully saturated rings. The van der Waals surface area contributed by atoms with Crippen LogP contribution < -0.4 is 15.6 Å². The molecule has 1 aromatic carbocycles. The van der Waals surface area contributed by atoms with E-state index in [-0.39, 0.29) is 11.5 Å². The summed E-state index contributed by atoms with van der Waals surface area (Å²) < 4.78 is 5.11. The van der Waals surface area contributed by atoms with Gasteiger partial charge in [0.2, 0.25) is 12.3 Å². The van der Waals surface area contributed by atoms with Crippen LogP contribution in [0.4, 0.5) is 0 Å². The number of nitrogens with one attached hydrogen (secondary N) is 2. The van der Waals surface area contributed by atoms with Crippen molar-refractivity contribution in [1.82, 2.24) is 15.2 Å². The molecule has 1 saturated carbocycles. The fourth-order valence-corrected chi connectivity index (χ4v) is 3.71. The molecule has 1 unspecified atom stereocenters. The SMILES string of the molecule is C=C.CC1CCCN1C(=O)C1(NC=O)CC1.COc1c[nH]c(=O)c2cc(Cl)ccc12. The number of likely N-dealkylation sites (tertiary alicyclic amines) is 1. The van der Waals surface area contributed by atoms with Gasteiger partial charge in [0.05, 0.1) is 12.5 Å².